The molecule has 1 atom stereocenters. The summed E-state index contributed by atoms with van der Waals surface area (Å²) in [4.78, 5) is 28.5. The molecule has 0 saturated carbocycles. The van der Waals surface area contributed by atoms with E-state index in [-0.39, 0.29) is 17.9 Å². The van der Waals surface area contributed by atoms with Crippen molar-refractivity contribution in [3.05, 3.63) is 86.6 Å². The second kappa shape index (κ2) is 9.68. The van der Waals surface area contributed by atoms with Gasteiger partial charge in [-0.2, -0.15) is 0 Å². The molecule has 1 aromatic heterocycles. The van der Waals surface area contributed by atoms with Crippen molar-refractivity contribution >= 4 is 40.4 Å². The van der Waals surface area contributed by atoms with Crippen LogP contribution in [0.15, 0.2) is 65.6 Å². The minimum absolute atomic E-state index is 0.0371. The van der Waals surface area contributed by atoms with Crippen LogP contribution in [0.4, 0.5) is 0 Å². The zero-order valence-electron chi connectivity index (χ0n) is 18.1. The van der Waals surface area contributed by atoms with Crippen molar-refractivity contribution < 1.29 is 24.2 Å². The number of aliphatic hydroxyl groups excluding tert-OH is 1. The predicted molar refractivity (Wildman–Crippen MR) is 128 cm³/mol. The summed E-state index contributed by atoms with van der Waals surface area (Å²) in [7, 11) is 1.57. The quantitative estimate of drug-likeness (QED) is 0.275. The fourth-order valence-electron chi connectivity index (χ4n) is 3.83. The van der Waals surface area contributed by atoms with Crippen LogP contribution in [0, 0.1) is 0 Å². The number of ketones is 1. The maximum Gasteiger partial charge on any atom is 0.295 e. The zero-order chi connectivity index (χ0) is 23.5. The van der Waals surface area contributed by atoms with Crippen LogP contribution in [0.25, 0.3) is 5.76 Å². The number of hydrogen-bond donors (Lipinski definition) is 1. The highest BCUT2D eigenvalue weighted by Gasteiger charge is 2.46. The van der Waals surface area contributed by atoms with Crippen LogP contribution in [0.2, 0.25) is 5.02 Å². The van der Waals surface area contributed by atoms with Gasteiger partial charge in [-0.1, -0.05) is 29.8 Å². The number of likely N-dealkylation sites (tertiary alicyclic amines) is 1. The largest absolute Gasteiger partial charge is 0.507 e. The number of halogens is 1. The first-order valence-electron chi connectivity index (χ1n) is 10.3. The van der Waals surface area contributed by atoms with Crippen LogP contribution in [0.5, 0.6) is 11.5 Å². The Morgan fingerprint density at radius 2 is 1.97 bits per heavy atom. The molecule has 2 aromatic carbocycles. The van der Waals surface area contributed by atoms with Crippen molar-refractivity contribution in [1.29, 1.82) is 0 Å². The molecule has 1 aliphatic heterocycles. The van der Waals surface area contributed by atoms with Crippen LogP contribution in [-0.2, 0) is 16.1 Å². The highest BCUT2D eigenvalue weighted by atomic mass is 35.5. The van der Waals surface area contributed by atoms with Gasteiger partial charge in [-0.25, -0.2) is 0 Å². The number of carbonyl (C=O) groups is 2. The molecule has 2 heterocycles. The number of Topliss-reactive ketones (excluding diaryl/α,β-unsaturated/α-hetero) is 1. The van der Waals surface area contributed by atoms with Gasteiger partial charge < -0.3 is 19.5 Å². The van der Waals surface area contributed by atoms with E-state index < -0.39 is 17.7 Å². The van der Waals surface area contributed by atoms with E-state index in [1.54, 1.807) is 25.3 Å². The van der Waals surface area contributed by atoms with Gasteiger partial charge in [-0.15, -0.1) is 11.3 Å². The molecule has 33 heavy (non-hydrogen) atoms. The van der Waals surface area contributed by atoms with Gasteiger partial charge in [0.25, 0.3) is 11.7 Å². The predicted octanol–water partition coefficient (Wildman–Crippen LogP) is 5.43. The summed E-state index contributed by atoms with van der Waals surface area (Å²) in [6.07, 6.45) is 0. The number of rotatable bonds is 7. The number of methoxy groups -OCH3 is 1. The molecule has 0 radical (unpaired) electrons. The van der Waals surface area contributed by atoms with Crippen LogP contribution >= 0.6 is 22.9 Å². The molecule has 1 aliphatic rings. The maximum absolute atomic E-state index is 13.1. The lowest BCUT2D eigenvalue weighted by Gasteiger charge is -2.24. The van der Waals surface area contributed by atoms with Gasteiger partial charge >= 0.3 is 0 Å². The van der Waals surface area contributed by atoms with Gasteiger partial charge in [-0.3, -0.25) is 9.59 Å². The molecular weight excluding hydrogens is 462 g/mol. The van der Waals surface area contributed by atoms with E-state index >= 15 is 0 Å². The summed E-state index contributed by atoms with van der Waals surface area (Å²) in [6.45, 7) is 2.40. The average Bonchev–Trinajstić information content (AvgIpc) is 3.43. The number of aliphatic hydroxyl groups is 1. The Bertz CT molecular complexity index is 1220. The monoisotopic (exact) mass is 483 g/mol. The third kappa shape index (κ3) is 4.47. The molecule has 6 nitrogen and oxygen atoms in total. The van der Waals surface area contributed by atoms with Gasteiger partial charge in [0.2, 0.25) is 0 Å². The van der Waals surface area contributed by atoms with Crippen molar-refractivity contribution in [3.63, 3.8) is 0 Å². The molecule has 1 unspecified atom stereocenters. The number of amides is 1. The van der Waals surface area contributed by atoms with E-state index in [0.29, 0.717) is 28.7 Å². The van der Waals surface area contributed by atoms with Crippen LogP contribution in [0.1, 0.15) is 29.0 Å². The average molecular weight is 484 g/mol. The summed E-state index contributed by atoms with van der Waals surface area (Å²) in [5, 5.41) is 13.5. The van der Waals surface area contributed by atoms with Gasteiger partial charge in [0.1, 0.15) is 17.3 Å². The second-order valence-electron chi connectivity index (χ2n) is 7.37. The third-order valence-electron chi connectivity index (χ3n) is 5.34. The first-order valence-corrected chi connectivity index (χ1v) is 11.6. The summed E-state index contributed by atoms with van der Waals surface area (Å²) in [5.74, 6) is -0.626. The van der Waals surface area contributed by atoms with Crippen LogP contribution < -0.4 is 9.47 Å². The number of benzene rings is 2. The van der Waals surface area contributed by atoms with E-state index in [0.717, 1.165) is 10.4 Å². The number of hydrogen-bond acceptors (Lipinski definition) is 6. The Hall–Kier alpha value is -3.29. The van der Waals surface area contributed by atoms with Gasteiger partial charge in [0.05, 0.1) is 30.4 Å². The van der Waals surface area contributed by atoms with Crippen molar-refractivity contribution in [1.82, 2.24) is 4.90 Å². The SMILES string of the molecule is CCOc1cc(/C(O)=C2/C(=O)C(=O)N(Cc3cccc(OC)c3)C2c2cccs2)ccc1Cl. The molecule has 0 aliphatic carbocycles. The minimum atomic E-state index is -0.735. The Morgan fingerprint density at radius 1 is 1.15 bits per heavy atom. The number of ether oxygens (including phenoxy) is 2. The fraction of sp³-hybridized carbons (Fsp3) is 0.200. The van der Waals surface area contributed by atoms with Crippen molar-refractivity contribution in [2.45, 2.75) is 19.5 Å². The first-order chi connectivity index (χ1) is 15.9. The molecule has 1 amide bonds. The molecule has 170 valence electrons. The van der Waals surface area contributed by atoms with E-state index in [4.69, 9.17) is 21.1 Å². The van der Waals surface area contributed by atoms with Crippen molar-refractivity contribution in [2.24, 2.45) is 0 Å². The van der Waals surface area contributed by atoms with E-state index in [1.807, 2.05) is 48.7 Å². The third-order valence-corrected chi connectivity index (χ3v) is 6.58. The summed E-state index contributed by atoms with van der Waals surface area (Å²) >= 11 is 7.59. The highest BCUT2D eigenvalue weighted by molar-refractivity contribution is 7.10. The molecule has 1 saturated heterocycles. The highest BCUT2D eigenvalue weighted by Crippen LogP contribution is 2.42. The smallest absolute Gasteiger partial charge is 0.295 e. The van der Waals surface area contributed by atoms with E-state index in [2.05, 4.69) is 0 Å². The lowest BCUT2D eigenvalue weighted by molar-refractivity contribution is -0.140. The molecule has 4 rings (SSSR count). The molecule has 0 spiro atoms. The molecular formula is C25H22ClNO5S. The number of thiophene rings is 1. The van der Waals surface area contributed by atoms with E-state index in [9.17, 15) is 14.7 Å². The van der Waals surface area contributed by atoms with Gasteiger partial charge in [0, 0.05) is 17.0 Å². The fourth-order valence-corrected chi connectivity index (χ4v) is 4.84. The number of nitrogens with zero attached hydrogens (tertiary/aromatic N) is 1. The zero-order valence-corrected chi connectivity index (χ0v) is 19.7. The normalized spacial score (nSPS) is 17.4. The molecule has 1 fully saturated rings. The molecule has 0 bridgehead atoms. The lowest BCUT2D eigenvalue weighted by atomic mass is 9.99. The summed E-state index contributed by atoms with van der Waals surface area (Å²) in [5.41, 5.74) is 1.20. The molecule has 8 heteroatoms. The Kier molecular flexibility index (Phi) is 6.72. The van der Waals surface area contributed by atoms with Crippen molar-refractivity contribution in [2.75, 3.05) is 13.7 Å². The lowest BCUT2D eigenvalue weighted by Crippen LogP contribution is -2.28. The standard InChI is InChI=1S/C25H22ClNO5S/c1-3-32-19-13-16(9-10-18(19)26)23(28)21-22(20-8-5-11-33-20)27(25(30)24(21)29)14-15-6-4-7-17(12-15)31-2/h4-13,22,28H,3,14H2,1-2H3/b23-21-. The maximum atomic E-state index is 13.1. The molecule has 1 N–H and O–H groups in total. The van der Waals surface area contributed by atoms with Crippen molar-refractivity contribution in [3.8, 4) is 11.5 Å². The number of carbonyl (C=O) groups excluding carboxylic acids is 2. The van der Waals surface area contributed by atoms with Crippen LogP contribution in [0.3, 0.4) is 0 Å². The first kappa shape index (κ1) is 22.9. The molecule has 3 aromatic rings. The minimum Gasteiger partial charge on any atom is -0.507 e. The Morgan fingerprint density at radius 3 is 2.67 bits per heavy atom. The topological polar surface area (TPSA) is 76.1 Å². The van der Waals surface area contributed by atoms with Gasteiger partial charge in [-0.05, 0) is 54.3 Å². The Labute approximate surface area is 200 Å². The van der Waals surface area contributed by atoms with Crippen LogP contribution in [-0.4, -0.2) is 35.4 Å². The van der Waals surface area contributed by atoms with E-state index in [1.165, 1.54) is 16.2 Å². The second-order valence-corrected chi connectivity index (χ2v) is 8.76. The summed E-state index contributed by atoms with van der Waals surface area (Å²) < 4.78 is 10.8. The Balaban J connectivity index is 1.81. The van der Waals surface area contributed by atoms with Gasteiger partial charge in [0.15, 0.2) is 0 Å². The summed E-state index contributed by atoms with van der Waals surface area (Å²) in [6, 6.07) is 15.1.